The Morgan fingerprint density at radius 2 is 1.86 bits per heavy atom. The molecule has 37 heavy (non-hydrogen) atoms. The lowest BCUT2D eigenvalue weighted by molar-refractivity contribution is -0.478. The number of fused-ring (bicyclic) bond motifs is 1. The van der Waals surface area contributed by atoms with Gasteiger partial charge in [0.05, 0.1) is 28.8 Å². The maximum Gasteiger partial charge on any atom is 0.416 e. The van der Waals surface area contributed by atoms with Crippen LogP contribution in [0.15, 0.2) is 29.4 Å². The van der Waals surface area contributed by atoms with Crippen molar-refractivity contribution in [3.63, 3.8) is 0 Å². The number of piperidine rings is 1. The molecule has 1 atom stereocenters. The van der Waals surface area contributed by atoms with Gasteiger partial charge in [-0.3, -0.25) is 9.59 Å². The van der Waals surface area contributed by atoms with Crippen LogP contribution in [0.3, 0.4) is 0 Å². The first-order chi connectivity index (χ1) is 17.4. The van der Waals surface area contributed by atoms with Crippen LogP contribution < -0.4 is 0 Å². The summed E-state index contributed by atoms with van der Waals surface area (Å²) in [4.78, 5) is 26.6. The second-order valence-corrected chi connectivity index (χ2v) is 10.3. The van der Waals surface area contributed by atoms with Crippen molar-refractivity contribution in [2.75, 3.05) is 27.2 Å². The number of hydrogen-bond acceptors (Lipinski definition) is 4. The Bertz CT molecular complexity index is 1270. The van der Waals surface area contributed by atoms with Crippen molar-refractivity contribution in [3.8, 4) is 0 Å². The molecule has 0 saturated carbocycles. The van der Waals surface area contributed by atoms with E-state index in [-0.39, 0.29) is 29.2 Å². The first kappa shape index (κ1) is 27.4. The van der Waals surface area contributed by atoms with Crippen molar-refractivity contribution in [2.45, 2.75) is 44.8 Å². The van der Waals surface area contributed by atoms with Crippen LogP contribution in [0.25, 0.3) is 0 Å². The molecule has 2 aromatic carbocycles. The third-order valence-electron chi connectivity index (χ3n) is 7.09. The minimum absolute atomic E-state index is 0.162. The smallest absolute Gasteiger partial charge is 0.416 e. The molecule has 1 unspecified atom stereocenters. The average molecular weight is 557 g/mol. The quantitative estimate of drug-likeness (QED) is 0.302. The third-order valence-corrected chi connectivity index (χ3v) is 7.87. The van der Waals surface area contributed by atoms with Crippen LogP contribution in [-0.2, 0) is 22.1 Å². The molecule has 1 fully saturated rings. The molecule has 0 N–H and O–H groups in total. The summed E-state index contributed by atoms with van der Waals surface area (Å²) in [6.45, 7) is 2.61. The van der Waals surface area contributed by atoms with Crippen molar-refractivity contribution in [1.82, 2.24) is 4.90 Å². The number of carbonyl (C=O) groups is 2. The fraction of sp³-hybridized carbons (Fsp3) is 0.462. The molecule has 1 saturated heterocycles. The molecule has 0 spiro atoms. The van der Waals surface area contributed by atoms with E-state index < -0.39 is 17.8 Å². The molecule has 2 aromatic rings. The van der Waals surface area contributed by atoms with Gasteiger partial charge in [-0.05, 0) is 60.1 Å². The Morgan fingerprint density at radius 1 is 1.19 bits per heavy atom. The second kappa shape index (κ2) is 10.6. The maximum absolute atomic E-state index is 13.3. The Hall–Kier alpha value is -2.65. The Kier molecular flexibility index (Phi) is 7.85. The van der Waals surface area contributed by atoms with Crippen LogP contribution >= 0.6 is 23.2 Å². The minimum Gasteiger partial charge on any atom is -0.469 e. The number of hydrogen-bond donors (Lipinski definition) is 0. The number of alkyl halides is 3. The van der Waals surface area contributed by atoms with Crippen molar-refractivity contribution in [3.05, 3.63) is 62.1 Å². The number of rotatable bonds is 5. The molecular weight excluding hydrogens is 530 g/mol. The van der Waals surface area contributed by atoms with E-state index in [1.54, 1.807) is 31.0 Å². The summed E-state index contributed by atoms with van der Waals surface area (Å²) in [6, 6.07) is 4.91. The number of amides is 1. The van der Waals surface area contributed by atoms with E-state index in [0.717, 1.165) is 12.1 Å². The predicted molar refractivity (Wildman–Crippen MR) is 133 cm³/mol. The lowest BCUT2D eigenvalue weighted by Crippen LogP contribution is -2.39. The summed E-state index contributed by atoms with van der Waals surface area (Å²) in [5, 5.41) is 5.11. The van der Waals surface area contributed by atoms with Crippen LogP contribution in [0.4, 0.5) is 18.9 Å². The van der Waals surface area contributed by atoms with Gasteiger partial charge in [0.15, 0.2) is 7.05 Å². The topological polar surface area (TPSA) is 62.0 Å². The van der Waals surface area contributed by atoms with Crippen LogP contribution in [0.2, 0.25) is 10.0 Å². The van der Waals surface area contributed by atoms with Gasteiger partial charge in [-0.2, -0.15) is 13.2 Å². The van der Waals surface area contributed by atoms with Gasteiger partial charge >= 0.3 is 12.1 Å². The van der Waals surface area contributed by atoms with Crippen molar-refractivity contribution in [1.29, 1.82) is 0 Å². The molecule has 0 aromatic heterocycles. The fourth-order valence-electron chi connectivity index (χ4n) is 5.09. The number of carbonyl (C=O) groups excluding carboxylic acids is 2. The van der Waals surface area contributed by atoms with Crippen molar-refractivity contribution in [2.24, 2.45) is 11.0 Å². The second-order valence-electron chi connectivity index (χ2n) is 9.49. The lowest BCUT2D eigenvalue weighted by atomic mass is 9.92. The van der Waals surface area contributed by atoms with Gasteiger partial charge in [-0.1, -0.05) is 27.9 Å². The number of benzene rings is 2. The summed E-state index contributed by atoms with van der Waals surface area (Å²) in [6.07, 6.45) is -2.54. The molecule has 11 heteroatoms. The number of aryl methyl sites for hydroxylation is 1. The van der Waals surface area contributed by atoms with E-state index in [2.05, 4.69) is 5.11 Å². The molecule has 2 aliphatic heterocycles. The zero-order valence-electron chi connectivity index (χ0n) is 20.7. The fourth-order valence-corrected chi connectivity index (χ4v) is 5.70. The van der Waals surface area contributed by atoms with Crippen molar-refractivity contribution < 1.29 is 32.2 Å². The molecule has 2 aliphatic rings. The van der Waals surface area contributed by atoms with Gasteiger partial charge in [-0.15, -0.1) is 0 Å². The highest BCUT2D eigenvalue weighted by atomic mass is 35.5. The SMILES string of the molecule is COC(=O)CC1CCN(C(=O)c2ccc(Cl)c(CC3N=[N+](C)c4cc(C(F)(F)F)cc(C)c43)c2Cl)CC1. The van der Waals surface area contributed by atoms with Crippen LogP contribution in [0.1, 0.15) is 57.9 Å². The van der Waals surface area contributed by atoms with Crippen LogP contribution in [0, 0.1) is 12.8 Å². The highest BCUT2D eigenvalue weighted by Gasteiger charge is 2.39. The van der Waals surface area contributed by atoms with Gasteiger partial charge < -0.3 is 9.64 Å². The van der Waals surface area contributed by atoms with Gasteiger partial charge in [0.1, 0.15) is 6.04 Å². The zero-order chi connectivity index (χ0) is 27.1. The van der Waals surface area contributed by atoms with Gasteiger partial charge in [-0.25, -0.2) is 0 Å². The first-order valence-corrected chi connectivity index (χ1v) is 12.7. The standard InChI is InChI=1S/C26H27Cl2F3N3O3/c1-14-10-16(26(29,30)31)12-21-23(14)20(32-33(21)2)13-18-19(27)5-4-17(24(18)28)25(36)34-8-6-15(7-9-34)11-22(35)37-3/h4-5,10,12,15,20H,6-9,11,13H2,1-3H3/q+1. The highest BCUT2D eigenvalue weighted by molar-refractivity contribution is 6.38. The van der Waals surface area contributed by atoms with E-state index in [4.69, 9.17) is 27.9 Å². The van der Waals surface area contributed by atoms with E-state index >= 15 is 0 Å². The van der Waals surface area contributed by atoms with Gasteiger partial charge in [0.2, 0.25) is 5.69 Å². The largest absolute Gasteiger partial charge is 0.469 e. The summed E-state index contributed by atoms with van der Waals surface area (Å²) < 4.78 is 46.2. The lowest BCUT2D eigenvalue weighted by Gasteiger charge is -2.32. The number of ether oxygens (including phenoxy) is 1. The number of halogens is 5. The normalized spacial score (nSPS) is 18.0. The number of likely N-dealkylation sites (tertiary alicyclic amines) is 1. The van der Waals surface area contributed by atoms with Crippen LogP contribution in [0.5, 0.6) is 0 Å². The predicted octanol–water partition coefficient (Wildman–Crippen LogP) is 6.76. The van der Waals surface area contributed by atoms with Gasteiger partial charge in [0, 0.05) is 37.0 Å². The van der Waals surface area contributed by atoms with Crippen LogP contribution in [-0.4, -0.2) is 48.7 Å². The molecule has 4 rings (SSSR count). The Morgan fingerprint density at radius 3 is 2.49 bits per heavy atom. The van der Waals surface area contributed by atoms with E-state index in [1.807, 2.05) is 0 Å². The summed E-state index contributed by atoms with van der Waals surface area (Å²) in [5.74, 6) is -0.328. The molecular formula is C26H27Cl2F3N3O3+. The minimum atomic E-state index is -4.46. The Balaban J connectivity index is 1.56. The molecule has 6 nitrogen and oxygen atoms in total. The average Bonchev–Trinajstić information content (AvgIpc) is 3.17. The summed E-state index contributed by atoms with van der Waals surface area (Å²) in [5.41, 5.74) is 1.62. The van der Waals surface area contributed by atoms with E-state index in [9.17, 15) is 22.8 Å². The molecule has 0 radical (unpaired) electrons. The van der Waals surface area contributed by atoms with E-state index in [0.29, 0.717) is 65.3 Å². The van der Waals surface area contributed by atoms with Gasteiger partial charge in [0.25, 0.3) is 5.91 Å². The molecule has 198 valence electrons. The number of methoxy groups -OCH3 is 1. The molecule has 2 heterocycles. The first-order valence-electron chi connectivity index (χ1n) is 11.9. The third kappa shape index (κ3) is 5.62. The highest BCUT2D eigenvalue weighted by Crippen LogP contribution is 2.44. The summed E-state index contributed by atoms with van der Waals surface area (Å²) in [7, 11) is 2.96. The summed E-state index contributed by atoms with van der Waals surface area (Å²) >= 11 is 13.2. The molecule has 0 bridgehead atoms. The van der Waals surface area contributed by atoms with Crippen molar-refractivity contribution >= 4 is 40.8 Å². The molecule has 0 aliphatic carbocycles. The number of azo groups is 2. The zero-order valence-corrected chi connectivity index (χ0v) is 22.2. The number of nitrogens with zero attached hydrogens (tertiary/aromatic N) is 3. The molecule has 1 amide bonds. The van der Waals surface area contributed by atoms with E-state index in [1.165, 1.54) is 11.8 Å². The maximum atomic E-state index is 13.3. The number of esters is 1. The monoisotopic (exact) mass is 556 g/mol. The Labute approximate surface area is 223 Å².